The van der Waals surface area contributed by atoms with Gasteiger partial charge in [-0.1, -0.05) is 12.8 Å². The molecule has 0 amide bonds. The fourth-order valence-electron chi connectivity index (χ4n) is 2.67. The standard InChI is InChI=1S/C10H18O2/c11-9-3-1-2-8-4-6-10(9,12)7-5-8/h8-9,11-12H,1-7H2. The zero-order valence-electron chi connectivity index (χ0n) is 7.50. The lowest BCUT2D eigenvalue weighted by atomic mass is 9.71. The Labute approximate surface area is 73.6 Å². The molecule has 12 heavy (non-hydrogen) atoms. The van der Waals surface area contributed by atoms with E-state index < -0.39 is 11.7 Å². The summed E-state index contributed by atoms with van der Waals surface area (Å²) in [4.78, 5) is 0. The van der Waals surface area contributed by atoms with E-state index in [1.165, 1.54) is 6.42 Å². The van der Waals surface area contributed by atoms with Gasteiger partial charge in [0.25, 0.3) is 0 Å². The van der Waals surface area contributed by atoms with Crippen molar-refractivity contribution in [1.29, 1.82) is 0 Å². The average Bonchev–Trinajstić information content (AvgIpc) is 2.06. The zero-order chi connectivity index (χ0) is 8.60. The highest BCUT2D eigenvalue weighted by atomic mass is 16.3. The highest BCUT2D eigenvalue weighted by Gasteiger charge is 2.40. The smallest absolute Gasteiger partial charge is 0.0905 e. The van der Waals surface area contributed by atoms with Gasteiger partial charge in [0.1, 0.15) is 0 Å². The van der Waals surface area contributed by atoms with Gasteiger partial charge in [-0.15, -0.1) is 0 Å². The van der Waals surface area contributed by atoms with Crippen LogP contribution in [-0.4, -0.2) is 21.9 Å². The first-order valence-electron chi connectivity index (χ1n) is 5.11. The van der Waals surface area contributed by atoms with E-state index in [0.29, 0.717) is 0 Å². The van der Waals surface area contributed by atoms with Crippen molar-refractivity contribution in [3.8, 4) is 0 Å². The second kappa shape index (κ2) is 3.00. The lowest BCUT2D eigenvalue weighted by Gasteiger charge is -2.41. The molecule has 2 bridgehead atoms. The fraction of sp³-hybridized carbons (Fsp3) is 1.00. The van der Waals surface area contributed by atoms with Gasteiger partial charge in [0.05, 0.1) is 11.7 Å². The average molecular weight is 170 g/mol. The van der Waals surface area contributed by atoms with Crippen LogP contribution in [0.4, 0.5) is 0 Å². The normalized spacial score (nSPS) is 48.5. The molecule has 0 heterocycles. The van der Waals surface area contributed by atoms with E-state index in [9.17, 15) is 10.2 Å². The number of rotatable bonds is 0. The molecule has 0 aromatic carbocycles. The third kappa shape index (κ3) is 1.38. The van der Waals surface area contributed by atoms with Crippen molar-refractivity contribution < 1.29 is 10.2 Å². The molecule has 70 valence electrons. The van der Waals surface area contributed by atoms with E-state index in [4.69, 9.17) is 0 Å². The zero-order valence-corrected chi connectivity index (χ0v) is 7.50. The largest absolute Gasteiger partial charge is 0.390 e. The fourth-order valence-corrected chi connectivity index (χ4v) is 2.67. The molecule has 0 aliphatic heterocycles. The van der Waals surface area contributed by atoms with Crippen LogP contribution in [0.5, 0.6) is 0 Å². The molecule has 3 aliphatic rings. The lowest BCUT2D eigenvalue weighted by Crippen LogP contribution is -2.46. The van der Waals surface area contributed by atoms with Crippen molar-refractivity contribution in [1.82, 2.24) is 0 Å². The summed E-state index contributed by atoms with van der Waals surface area (Å²) in [6.45, 7) is 0. The molecule has 1 atom stereocenters. The van der Waals surface area contributed by atoms with Crippen molar-refractivity contribution in [3.05, 3.63) is 0 Å². The molecule has 0 aromatic rings. The van der Waals surface area contributed by atoms with Gasteiger partial charge >= 0.3 is 0 Å². The summed E-state index contributed by atoms with van der Waals surface area (Å²) in [5, 5.41) is 19.7. The van der Waals surface area contributed by atoms with Crippen LogP contribution >= 0.6 is 0 Å². The molecule has 0 aromatic heterocycles. The van der Waals surface area contributed by atoms with Crippen molar-refractivity contribution in [2.45, 2.75) is 56.7 Å². The quantitative estimate of drug-likeness (QED) is 0.577. The summed E-state index contributed by atoms with van der Waals surface area (Å²) >= 11 is 0. The summed E-state index contributed by atoms with van der Waals surface area (Å²) in [6, 6.07) is 0. The number of aliphatic hydroxyl groups excluding tert-OH is 1. The Hall–Kier alpha value is -0.0800. The van der Waals surface area contributed by atoms with Crippen LogP contribution in [0.3, 0.4) is 0 Å². The number of aliphatic hydroxyl groups is 2. The topological polar surface area (TPSA) is 40.5 Å². The Kier molecular flexibility index (Phi) is 2.13. The minimum atomic E-state index is -0.725. The first kappa shape index (κ1) is 8.52. The first-order valence-corrected chi connectivity index (χ1v) is 5.11. The van der Waals surface area contributed by atoms with Crippen molar-refractivity contribution >= 4 is 0 Å². The maximum absolute atomic E-state index is 10.0. The molecular formula is C10H18O2. The second-order valence-electron chi connectivity index (χ2n) is 4.49. The monoisotopic (exact) mass is 170 g/mol. The molecule has 0 saturated heterocycles. The Morgan fingerprint density at radius 2 is 1.67 bits per heavy atom. The summed E-state index contributed by atoms with van der Waals surface area (Å²) < 4.78 is 0. The Morgan fingerprint density at radius 1 is 1.00 bits per heavy atom. The molecule has 2 N–H and O–H groups in total. The molecule has 2 heteroatoms. The molecule has 0 radical (unpaired) electrons. The van der Waals surface area contributed by atoms with E-state index >= 15 is 0 Å². The highest BCUT2D eigenvalue weighted by Crippen LogP contribution is 2.40. The maximum Gasteiger partial charge on any atom is 0.0905 e. The molecule has 2 nitrogen and oxygen atoms in total. The van der Waals surface area contributed by atoms with Crippen LogP contribution in [0.15, 0.2) is 0 Å². The summed E-state index contributed by atoms with van der Waals surface area (Å²) in [5.74, 6) is 0.831. The number of hydrogen-bond donors (Lipinski definition) is 2. The van der Waals surface area contributed by atoms with E-state index in [1.807, 2.05) is 0 Å². The predicted octanol–water partition coefficient (Wildman–Crippen LogP) is 1.45. The first-order chi connectivity index (χ1) is 5.71. The van der Waals surface area contributed by atoms with Gasteiger partial charge in [0.2, 0.25) is 0 Å². The SMILES string of the molecule is OC1CCCC2CCC1(O)CC2. The third-order valence-corrected chi connectivity index (χ3v) is 3.68. The Bertz CT molecular complexity index is 159. The van der Waals surface area contributed by atoms with Crippen molar-refractivity contribution in [2.75, 3.05) is 0 Å². The van der Waals surface area contributed by atoms with E-state index in [-0.39, 0.29) is 0 Å². The molecule has 0 spiro atoms. The van der Waals surface area contributed by atoms with E-state index in [1.54, 1.807) is 0 Å². The highest BCUT2D eigenvalue weighted by molar-refractivity contribution is 4.93. The predicted molar refractivity (Wildman–Crippen MR) is 46.8 cm³/mol. The van der Waals surface area contributed by atoms with E-state index in [2.05, 4.69) is 0 Å². The van der Waals surface area contributed by atoms with Gasteiger partial charge < -0.3 is 10.2 Å². The molecule has 3 aliphatic carbocycles. The minimum Gasteiger partial charge on any atom is -0.390 e. The number of hydrogen-bond acceptors (Lipinski definition) is 2. The molecule has 3 rings (SSSR count). The van der Waals surface area contributed by atoms with Crippen molar-refractivity contribution in [3.63, 3.8) is 0 Å². The van der Waals surface area contributed by atoms with Gasteiger partial charge in [-0.25, -0.2) is 0 Å². The Balaban J connectivity index is 2.11. The maximum atomic E-state index is 10.0. The van der Waals surface area contributed by atoms with Gasteiger partial charge in [-0.05, 0) is 38.0 Å². The third-order valence-electron chi connectivity index (χ3n) is 3.68. The minimum absolute atomic E-state index is 0.459. The van der Waals surface area contributed by atoms with E-state index in [0.717, 1.165) is 44.4 Å². The van der Waals surface area contributed by atoms with Crippen LogP contribution in [-0.2, 0) is 0 Å². The van der Waals surface area contributed by atoms with Crippen molar-refractivity contribution in [2.24, 2.45) is 5.92 Å². The summed E-state index contributed by atoms with van der Waals surface area (Å²) in [7, 11) is 0. The van der Waals surface area contributed by atoms with Crippen LogP contribution in [0.2, 0.25) is 0 Å². The van der Waals surface area contributed by atoms with Gasteiger partial charge in [0, 0.05) is 0 Å². The molecular weight excluding hydrogens is 152 g/mol. The van der Waals surface area contributed by atoms with Gasteiger partial charge in [-0.3, -0.25) is 0 Å². The van der Waals surface area contributed by atoms with Crippen LogP contribution in [0.1, 0.15) is 44.9 Å². The van der Waals surface area contributed by atoms with Gasteiger partial charge in [0.15, 0.2) is 0 Å². The Morgan fingerprint density at radius 3 is 2.33 bits per heavy atom. The second-order valence-corrected chi connectivity index (χ2v) is 4.49. The number of fused-ring (bicyclic) bond motifs is 5. The van der Waals surface area contributed by atoms with Crippen LogP contribution in [0, 0.1) is 5.92 Å². The molecule has 3 fully saturated rings. The summed E-state index contributed by atoms with van der Waals surface area (Å²) in [6.07, 6.45) is 6.56. The molecule has 1 unspecified atom stereocenters. The van der Waals surface area contributed by atoms with Gasteiger partial charge in [-0.2, -0.15) is 0 Å². The lowest BCUT2D eigenvalue weighted by molar-refractivity contribution is -0.115. The summed E-state index contributed by atoms with van der Waals surface area (Å²) in [5.41, 5.74) is -0.725. The molecule has 3 saturated carbocycles. The van der Waals surface area contributed by atoms with Crippen LogP contribution < -0.4 is 0 Å². The van der Waals surface area contributed by atoms with Crippen LogP contribution in [0.25, 0.3) is 0 Å².